The van der Waals surface area contributed by atoms with Gasteiger partial charge in [-0.1, -0.05) is 17.3 Å². The first-order valence-electron chi connectivity index (χ1n) is 9.42. The Balaban J connectivity index is 1.77. The van der Waals surface area contributed by atoms with Crippen LogP contribution in [0.1, 0.15) is 29.7 Å². The van der Waals surface area contributed by atoms with Crippen molar-refractivity contribution in [1.29, 1.82) is 0 Å². The fourth-order valence-corrected chi connectivity index (χ4v) is 3.37. The van der Waals surface area contributed by atoms with Crippen molar-refractivity contribution >= 4 is 11.8 Å². The van der Waals surface area contributed by atoms with Gasteiger partial charge in [0, 0.05) is 18.8 Å². The topological polar surface area (TPSA) is 84.2 Å². The molecule has 0 aliphatic carbocycles. The van der Waals surface area contributed by atoms with E-state index in [0.717, 1.165) is 5.69 Å². The molecule has 0 radical (unpaired) electrons. The van der Waals surface area contributed by atoms with E-state index in [4.69, 9.17) is 9.47 Å². The molecule has 1 aliphatic rings. The molecule has 0 bridgehead atoms. The zero-order valence-corrected chi connectivity index (χ0v) is 16.5. The maximum absolute atomic E-state index is 13.4. The molecule has 8 heteroatoms. The number of carbonyl (C=O) groups excluding carboxylic acids is 1. The van der Waals surface area contributed by atoms with Gasteiger partial charge in [-0.2, -0.15) is 0 Å². The number of pyridine rings is 1. The number of nitrogens with zero attached hydrogens (tertiary/aromatic N) is 3. The summed E-state index contributed by atoms with van der Waals surface area (Å²) in [6.45, 7) is 3.04. The van der Waals surface area contributed by atoms with Gasteiger partial charge in [-0.3, -0.25) is 4.79 Å². The lowest BCUT2D eigenvalue weighted by atomic mass is 9.96. The predicted molar refractivity (Wildman–Crippen MR) is 104 cm³/mol. The zero-order chi connectivity index (χ0) is 20.8. The highest BCUT2D eigenvalue weighted by Gasteiger charge is 2.29. The minimum atomic E-state index is -0.338. The summed E-state index contributed by atoms with van der Waals surface area (Å²) >= 11 is 0. The number of halogens is 1. The Kier molecular flexibility index (Phi) is 6.64. The van der Waals surface area contributed by atoms with Crippen LogP contribution in [0.5, 0.6) is 5.88 Å². The third-order valence-corrected chi connectivity index (χ3v) is 4.93. The van der Waals surface area contributed by atoms with Gasteiger partial charge < -0.3 is 19.6 Å². The molecule has 1 aromatic carbocycles. The van der Waals surface area contributed by atoms with Crippen LogP contribution in [0.3, 0.4) is 0 Å². The molecule has 0 saturated carbocycles. The average molecular weight is 401 g/mol. The molecule has 3 rings (SSSR count). The zero-order valence-electron chi connectivity index (χ0n) is 16.5. The van der Waals surface area contributed by atoms with Crippen molar-refractivity contribution < 1.29 is 23.9 Å². The van der Waals surface area contributed by atoms with Gasteiger partial charge in [0.05, 0.1) is 18.6 Å². The van der Waals surface area contributed by atoms with E-state index in [1.54, 1.807) is 24.3 Å². The van der Waals surface area contributed by atoms with Gasteiger partial charge in [-0.15, -0.1) is 0 Å². The summed E-state index contributed by atoms with van der Waals surface area (Å²) in [5.41, 5.74) is 1.94. The van der Waals surface area contributed by atoms with Gasteiger partial charge in [0.25, 0.3) is 0 Å². The smallest absolute Gasteiger partial charge is 0.308 e. The van der Waals surface area contributed by atoms with Crippen LogP contribution in [-0.2, 0) is 16.1 Å². The van der Waals surface area contributed by atoms with Crippen LogP contribution in [-0.4, -0.2) is 47.1 Å². The lowest BCUT2D eigenvalue weighted by Gasteiger charge is -2.32. The van der Waals surface area contributed by atoms with Crippen LogP contribution in [0.15, 0.2) is 41.6 Å². The Hall–Kier alpha value is -3.16. The number of likely N-dealkylation sites (tertiary alicyclic amines) is 1. The highest BCUT2D eigenvalue weighted by atomic mass is 19.1. The summed E-state index contributed by atoms with van der Waals surface area (Å²) in [4.78, 5) is 18.1. The first-order chi connectivity index (χ1) is 14.0. The summed E-state index contributed by atoms with van der Waals surface area (Å²) in [5, 5.41) is 13.2. The normalized spacial score (nSPS) is 15.3. The molecule has 1 N–H and O–H groups in total. The van der Waals surface area contributed by atoms with Crippen molar-refractivity contribution in [3.05, 3.63) is 59.0 Å². The van der Waals surface area contributed by atoms with Crippen LogP contribution in [0, 0.1) is 18.7 Å². The summed E-state index contributed by atoms with van der Waals surface area (Å²) < 4.78 is 24.1. The maximum atomic E-state index is 13.4. The van der Waals surface area contributed by atoms with E-state index in [-0.39, 0.29) is 24.3 Å². The second-order valence-electron chi connectivity index (χ2n) is 6.93. The number of aromatic nitrogens is 1. The Bertz CT molecular complexity index is 895. The van der Waals surface area contributed by atoms with Crippen LogP contribution in [0.2, 0.25) is 0 Å². The monoisotopic (exact) mass is 401 g/mol. The highest BCUT2D eigenvalue weighted by Crippen LogP contribution is 2.25. The molecule has 0 atom stereocenters. The minimum Gasteiger partial charge on any atom is -0.472 e. The van der Waals surface area contributed by atoms with Crippen molar-refractivity contribution in [2.45, 2.75) is 26.4 Å². The van der Waals surface area contributed by atoms with Gasteiger partial charge in [-0.05, 0) is 49.6 Å². The molecule has 1 saturated heterocycles. The largest absolute Gasteiger partial charge is 0.472 e. The number of benzene rings is 1. The second kappa shape index (κ2) is 9.36. The number of carbonyl (C=O) groups is 1. The average Bonchev–Trinajstić information content (AvgIpc) is 2.74. The number of esters is 1. The number of piperidine rings is 1. The molecule has 1 aromatic heterocycles. The number of oxime groups is 1. The summed E-state index contributed by atoms with van der Waals surface area (Å²) in [5.74, 6) is -0.0823. The molecular formula is C21H24FN3O4. The Morgan fingerprint density at radius 3 is 2.72 bits per heavy atom. The molecule has 29 heavy (non-hydrogen) atoms. The maximum Gasteiger partial charge on any atom is 0.308 e. The van der Waals surface area contributed by atoms with Crippen molar-refractivity contribution in [3.63, 3.8) is 0 Å². The number of ether oxygens (including phenoxy) is 2. The minimum absolute atomic E-state index is 0.129. The van der Waals surface area contributed by atoms with Crippen LogP contribution in [0.25, 0.3) is 0 Å². The number of amidine groups is 1. The van der Waals surface area contributed by atoms with E-state index in [1.165, 1.54) is 19.2 Å². The number of rotatable bonds is 5. The number of hydrogen-bond acceptors (Lipinski definition) is 6. The van der Waals surface area contributed by atoms with E-state index in [9.17, 15) is 14.4 Å². The van der Waals surface area contributed by atoms with Crippen LogP contribution in [0.4, 0.5) is 4.39 Å². The molecule has 154 valence electrons. The van der Waals surface area contributed by atoms with Crippen molar-refractivity contribution in [3.8, 4) is 5.88 Å². The first-order valence-corrected chi connectivity index (χ1v) is 9.42. The molecule has 2 heterocycles. The number of methoxy groups -OCH3 is 1. The fraction of sp³-hybridized carbons (Fsp3) is 0.381. The van der Waals surface area contributed by atoms with Gasteiger partial charge in [-0.25, -0.2) is 9.37 Å². The quantitative estimate of drug-likeness (QED) is 0.272. The summed E-state index contributed by atoms with van der Waals surface area (Å²) in [6.07, 6.45) is 1.20. The highest BCUT2D eigenvalue weighted by molar-refractivity contribution is 6.00. The van der Waals surface area contributed by atoms with Crippen molar-refractivity contribution in [1.82, 2.24) is 9.88 Å². The Morgan fingerprint density at radius 2 is 2.07 bits per heavy atom. The summed E-state index contributed by atoms with van der Waals surface area (Å²) in [7, 11) is 1.38. The second-order valence-corrected chi connectivity index (χ2v) is 6.93. The molecule has 2 aromatic rings. The molecule has 1 aliphatic heterocycles. The van der Waals surface area contributed by atoms with E-state index in [0.29, 0.717) is 48.8 Å². The van der Waals surface area contributed by atoms with Gasteiger partial charge >= 0.3 is 5.97 Å². The van der Waals surface area contributed by atoms with E-state index >= 15 is 0 Å². The lowest BCUT2D eigenvalue weighted by molar-refractivity contribution is -0.146. The molecule has 0 spiro atoms. The lowest BCUT2D eigenvalue weighted by Crippen LogP contribution is -2.41. The van der Waals surface area contributed by atoms with Gasteiger partial charge in [0.15, 0.2) is 5.84 Å². The van der Waals surface area contributed by atoms with E-state index in [1.807, 2.05) is 11.8 Å². The molecule has 1 fully saturated rings. The van der Waals surface area contributed by atoms with Crippen molar-refractivity contribution in [2.75, 3.05) is 20.2 Å². The Labute approximate surface area is 168 Å². The molecule has 0 amide bonds. The Morgan fingerprint density at radius 1 is 1.31 bits per heavy atom. The fourth-order valence-electron chi connectivity index (χ4n) is 3.37. The predicted octanol–water partition coefficient (Wildman–Crippen LogP) is 3.13. The number of aryl methyl sites for hydroxylation is 1. The van der Waals surface area contributed by atoms with Gasteiger partial charge in [0.2, 0.25) is 5.88 Å². The number of hydrogen-bond donors (Lipinski definition) is 1. The molecular weight excluding hydrogens is 377 g/mol. The summed E-state index contributed by atoms with van der Waals surface area (Å²) in [6, 6.07) is 9.73. The van der Waals surface area contributed by atoms with Gasteiger partial charge in [0.1, 0.15) is 12.4 Å². The molecule has 7 nitrogen and oxygen atoms in total. The van der Waals surface area contributed by atoms with Crippen molar-refractivity contribution in [2.24, 2.45) is 11.1 Å². The third kappa shape index (κ3) is 5.01. The van der Waals surface area contributed by atoms with Crippen LogP contribution < -0.4 is 4.74 Å². The van der Waals surface area contributed by atoms with Crippen LogP contribution >= 0.6 is 0 Å². The van der Waals surface area contributed by atoms with E-state index < -0.39 is 0 Å². The molecule has 0 unspecified atom stereocenters. The SMILES string of the molecule is COC(=O)C1CCN(/C(=N\O)c2ccc(C)nc2OCc2cccc(F)c2)CC1. The third-order valence-electron chi connectivity index (χ3n) is 4.93. The van der Waals surface area contributed by atoms with E-state index in [2.05, 4.69) is 10.1 Å². The first kappa shape index (κ1) is 20.6. The standard InChI is InChI=1S/C21H24FN3O4/c1-14-6-7-18(20(23-14)29-13-15-4-3-5-17(22)12-15)19(24-27)25-10-8-16(9-11-25)21(26)28-2/h3-7,12,16,27H,8-11,13H2,1-2H3/b24-19-.